The van der Waals surface area contributed by atoms with Crippen LogP contribution in [0.15, 0.2) is 35.3 Å². The Hall–Kier alpha value is -4.36. The molecule has 1 aromatic carbocycles. The van der Waals surface area contributed by atoms with Gasteiger partial charge in [-0.05, 0) is 52.0 Å². The quantitative estimate of drug-likeness (QED) is 0.0955. The molecule has 226 valence electrons. The van der Waals surface area contributed by atoms with Crippen LogP contribution in [0.2, 0.25) is 0 Å². The maximum Gasteiger partial charge on any atom is 0.408 e. The molecule has 1 aliphatic heterocycles. The first-order valence-corrected chi connectivity index (χ1v) is 13.3. The summed E-state index contributed by atoms with van der Waals surface area (Å²) in [6, 6.07) is 5.34. The average Bonchev–Trinajstić information content (AvgIpc) is 3.38. The lowest BCUT2D eigenvalue weighted by atomic mass is 10.1. The smallest absolute Gasteiger partial charge is 0.408 e. The minimum absolute atomic E-state index is 0.0263. The highest BCUT2D eigenvalue weighted by Gasteiger charge is 2.40. The number of carboxylic acid groups (broad SMARTS) is 1. The molecule has 0 aliphatic carbocycles. The zero-order valence-corrected chi connectivity index (χ0v) is 23.6. The van der Waals surface area contributed by atoms with Gasteiger partial charge in [0, 0.05) is 13.1 Å². The number of guanidine groups is 1. The van der Waals surface area contributed by atoms with Crippen LogP contribution in [0, 0.1) is 0 Å². The molecule has 14 nitrogen and oxygen atoms in total. The average molecular weight is 577 g/mol. The van der Waals surface area contributed by atoms with Crippen molar-refractivity contribution in [3.05, 3.63) is 35.9 Å². The first kappa shape index (κ1) is 32.8. The number of ether oxygens (including phenoxy) is 2. The van der Waals surface area contributed by atoms with E-state index in [9.17, 15) is 29.1 Å². The van der Waals surface area contributed by atoms with E-state index in [2.05, 4.69) is 15.6 Å². The molecule has 41 heavy (non-hydrogen) atoms. The number of aliphatic imine (C=N–C) groups is 1. The third-order valence-electron chi connectivity index (χ3n) is 6.00. The Morgan fingerprint density at radius 2 is 1.78 bits per heavy atom. The number of carboxylic acids is 1. The van der Waals surface area contributed by atoms with E-state index in [-0.39, 0.29) is 38.5 Å². The summed E-state index contributed by atoms with van der Waals surface area (Å²) < 4.78 is 10.6. The maximum absolute atomic E-state index is 13.6. The molecule has 3 atom stereocenters. The molecule has 1 aliphatic rings. The van der Waals surface area contributed by atoms with E-state index in [1.807, 2.05) is 6.07 Å². The van der Waals surface area contributed by atoms with Crippen LogP contribution in [0.3, 0.4) is 0 Å². The fraction of sp³-hybridized carbons (Fsp3) is 0.556. The highest BCUT2D eigenvalue weighted by Crippen LogP contribution is 2.20. The summed E-state index contributed by atoms with van der Waals surface area (Å²) in [5, 5.41) is 14.5. The largest absolute Gasteiger partial charge is 0.480 e. The molecule has 1 fully saturated rings. The van der Waals surface area contributed by atoms with E-state index in [1.54, 1.807) is 45.0 Å². The van der Waals surface area contributed by atoms with E-state index in [1.165, 1.54) is 4.90 Å². The van der Waals surface area contributed by atoms with Crippen molar-refractivity contribution in [1.29, 1.82) is 0 Å². The van der Waals surface area contributed by atoms with Gasteiger partial charge in [-0.25, -0.2) is 9.59 Å². The molecule has 2 rings (SSSR count). The van der Waals surface area contributed by atoms with Crippen LogP contribution in [0.25, 0.3) is 0 Å². The Balaban J connectivity index is 2.12. The third kappa shape index (κ3) is 11.7. The van der Waals surface area contributed by atoms with Crippen molar-refractivity contribution in [2.45, 2.75) is 83.2 Å². The molecular formula is C27H40N6O8. The molecule has 0 aromatic heterocycles. The molecule has 7 N–H and O–H groups in total. The Kier molecular flexibility index (Phi) is 12.4. The summed E-state index contributed by atoms with van der Waals surface area (Å²) in [5.41, 5.74) is 10.4. The molecular weight excluding hydrogens is 536 g/mol. The second kappa shape index (κ2) is 15.4. The summed E-state index contributed by atoms with van der Waals surface area (Å²) in [4.78, 5) is 68.6. The third-order valence-corrected chi connectivity index (χ3v) is 6.00. The van der Waals surface area contributed by atoms with Crippen molar-refractivity contribution in [1.82, 2.24) is 15.5 Å². The molecule has 1 aromatic rings. The number of esters is 1. The van der Waals surface area contributed by atoms with E-state index in [0.29, 0.717) is 12.8 Å². The fourth-order valence-corrected chi connectivity index (χ4v) is 4.15. The van der Waals surface area contributed by atoms with E-state index < -0.39 is 60.0 Å². The second-order valence-electron chi connectivity index (χ2n) is 10.6. The zero-order valence-electron chi connectivity index (χ0n) is 23.6. The number of hydrogen-bond acceptors (Lipinski definition) is 8. The summed E-state index contributed by atoms with van der Waals surface area (Å²) in [6.45, 7) is 5.28. The molecule has 0 radical (unpaired) electrons. The summed E-state index contributed by atoms with van der Waals surface area (Å²) >= 11 is 0. The van der Waals surface area contributed by atoms with Gasteiger partial charge in [-0.1, -0.05) is 30.3 Å². The molecule has 0 spiro atoms. The van der Waals surface area contributed by atoms with Crippen LogP contribution in [-0.2, 0) is 35.3 Å². The predicted molar refractivity (Wildman–Crippen MR) is 148 cm³/mol. The van der Waals surface area contributed by atoms with Crippen molar-refractivity contribution in [3.63, 3.8) is 0 Å². The van der Waals surface area contributed by atoms with Crippen LogP contribution in [-0.4, -0.2) is 82.6 Å². The molecule has 1 saturated heterocycles. The van der Waals surface area contributed by atoms with Crippen molar-refractivity contribution in [2.75, 3.05) is 13.1 Å². The summed E-state index contributed by atoms with van der Waals surface area (Å²) in [7, 11) is 0. The fourth-order valence-electron chi connectivity index (χ4n) is 4.15. The zero-order chi connectivity index (χ0) is 30.6. The Morgan fingerprint density at radius 3 is 2.39 bits per heavy atom. The van der Waals surface area contributed by atoms with Gasteiger partial charge in [0.05, 0.1) is 6.42 Å². The lowest BCUT2D eigenvalue weighted by Gasteiger charge is -2.29. The minimum Gasteiger partial charge on any atom is -0.480 e. The Morgan fingerprint density at radius 1 is 1.10 bits per heavy atom. The SMILES string of the molecule is CC(C)(C)OC(=O)NC(CC(=O)OCc1ccccc1)C(=O)N1CCCC1C(=O)NC(CCCN=C(N)N)C(=O)O. The number of carbonyl (C=O) groups excluding carboxylic acids is 4. The molecule has 1 heterocycles. The highest BCUT2D eigenvalue weighted by atomic mass is 16.6. The van der Waals surface area contributed by atoms with E-state index in [0.717, 1.165) is 5.56 Å². The number of alkyl carbamates (subject to hydrolysis) is 1. The molecule has 14 heteroatoms. The lowest BCUT2D eigenvalue weighted by Crippen LogP contribution is -2.56. The van der Waals surface area contributed by atoms with Gasteiger partial charge < -0.3 is 41.6 Å². The van der Waals surface area contributed by atoms with Crippen LogP contribution < -0.4 is 22.1 Å². The van der Waals surface area contributed by atoms with Crippen LogP contribution in [0.1, 0.15) is 58.4 Å². The van der Waals surface area contributed by atoms with Gasteiger partial charge in [0.15, 0.2) is 5.96 Å². The van der Waals surface area contributed by atoms with Crippen LogP contribution in [0.4, 0.5) is 4.79 Å². The van der Waals surface area contributed by atoms with Crippen LogP contribution >= 0.6 is 0 Å². The second-order valence-corrected chi connectivity index (χ2v) is 10.6. The summed E-state index contributed by atoms with van der Waals surface area (Å²) in [5.74, 6) is -3.46. The van der Waals surface area contributed by atoms with E-state index >= 15 is 0 Å². The van der Waals surface area contributed by atoms with Gasteiger partial charge in [-0.15, -0.1) is 0 Å². The number of nitrogens with one attached hydrogen (secondary N) is 2. The maximum atomic E-state index is 13.6. The predicted octanol–water partition coefficient (Wildman–Crippen LogP) is 0.627. The normalized spacial score (nSPS) is 16.2. The standard InChI is InChI=1S/C27H40N6O8/c1-27(2,3)41-26(39)32-19(15-21(34)40-16-17-9-5-4-6-10-17)23(36)33-14-8-12-20(33)22(35)31-18(24(37)38)11-7-13-30-25(28)29/h4-6,9-10,18-20H,7-8,11-16H2,1-3H3,(H,31,35)(H,32,39)(H,37,38)(H4,28,29,30). The number of rotatable bonds is 13. The number of hydrogen-bond donors (Lipinski definition) is 5. The summed E-state index contributed by atoms with van der Waals surface area (Å²) in [6.07, 6.45) is -0.319. The van der Waals surface area contributed by atoms with Crippen molar-refractivity contribution < 1.29 is 38.6 Å². The first-order chi connectivity index (χ1) is 19.3. The topological polar surface area (TPSA) is 216 Å². The monoisotopic (exact) mass is 576 g/mol. The van der Waals surface area contributed by atoms with Crippen molar-refractivity contribution in [3.8, 4) is 0 Å². The molecule has 0 saturated carbocycles. The molecule has 3 unspecified atom stereocenters. The first-order valence-electron chi connectivity index (χ1n) is 13.3. The molecule has 3 amide bonds. The van der Waals surface area contributed by atoms with Gasteiger partial charge >= 0.3 is 18.0 Å². The van der Waals surface area contributed by atoms with Gasteiger partial charge in [-0.3, -0.25) is 19.4 Å². The van der Waals surface area contributed by atoms with Crippen molar-refractivity contribution in [2.24, 2.45) is 16.5 Å². The highest BCUT2D eigenvalue weighted by molar-refractivity contribution is 5.95. The lowest BCUT2D eigenvalue weighted by molar-refractivity contribution is -0.149. The Bertz CT molecular complexity index is 1100. The van der Waals surface area contributed by atoms with Gasteiger partial charge in [-0.2, -0.15) is 0 Å². The number of amides is 3. The Labute approximate surface area is 238 Å². The minimum atomic E-state index is -1.38. The van der Waals surface area contributed by atoms with Gasteiger partial charge in [0.2, 0.25) is 11.8 Å². The van der Waals surface area contributed by atoms with Crippen molar-refractivity contribution >= 4 is 35.8 Å². The van der Waals surface area contributed by atoms with Crippen LogP contribution in [0.5, 0.6) is 0 Å². The molecule has 0 bridgehead atoms. The number of carbonyl (C=O) groups is 5. The number of benzene rings is 1. The van der Waals surface area contributed by atoms with E-state index in [4.69, 9.17) is 20.9 Å². The van der Waals surface area contributed by atoms with Gasteiger partial charge in [0.1, 0.15) is 30.3 Å². The number of nitrogens with zero attached hydrogens (tertiary/aromatic N) is 2. The number of likely N-dealkylation sites (tertiary alicyclic amines) is 1. The number of aliphatic carboxylic acids is 1. The van der Waals surface area contributed by atoms with Gasteiger partial charge in [0.25, 0.3) is 0 Å². The number of nitrogens with two attached hydrogens (primary N) is 2.